The molecule has 1 aliphatic rings. The Balaban J connectivity index is 2.74. The van der Waals surface area contributed by atoms with E-state index in [-0.39, 0.29) is 12.2 Å². The number of methoxy groups -OCH3 is 4. The number of likely N-dealkylation sites (tertiary alicyclic amines) is 1. The summed E-state index contributed by atoms with van der Waals surface area (Å²) in [6.07, 6.45) is -0.133. The number of hydrogen-bond donors (Lipinski definition) is 0. The van der Waals surface area contributed by atoms with Gasteiger partial charge < -0.3 is 23.8 Å². The van der Waals surface area contributed by atoms with Crippen molar-refractivity contribution in [3.05, 3.63) is 0 Å². The van der Waals surface area contributed by atoms with Crippen LogP contribution in [0.1, 0.15) is 6.42 Å². The standard InChI is InChI=1S/C10H19NO5/c1-13-8-7-11(9(12)14-2)6-5-10(8,15-3)16-4/h8H,5-7H2,1-4H3. The van der Waals surface area contributed by atoms with Crippen LogP contribution in [0.5, 0.6) is 0 Å². The highest BCUT2D eigenvalue weighted by Gasteiger charge is 2.45. The lowest BCUT2D eigenvalue weighted by Gasteiger charge is -2.44. The number of carbonyl (C=O) groups excluding carboxylic acids is 1. The average molecular weight is 233 g/mol. The molecule has 16 heavy (non-hydrogen) atoms. The van der Waals surface area contributed by atoms with Crippen molar-refractivity contribution in [2.75, 3.05) is 41.5 Å². The van der Waals surface area contributed by atoms with Gasteiger partial charge in [0, 0.05) is 34.3 Å². The van der Waals surface area contributed by atoms with Crippen LogP contribution in [-0.2, 0) is 18.9 Å². The van der Waals surface area contributed by atoms with Crippen LogP contribution in [0.4, 0.5) is 4.79 Å². The summed E-state index contributed by atoms with van der Waals surface area (Å²) in [5, 5.41) is 0. The van der Waals surface area contributed by atoms with Gasteiger partial charge >= 0.3 is 6.09 Å². The zero-order valence-electron chi connectivity index (χ0n) is 10.2. The molecule has 0 aromatic heterocycles. The van der Waals surface area contributed by atoms with E-state index in [1.165, 1.54) is 7.11 Å². The maximum atomic E-state index is 11.4. The van der Waals surface area contributed by atoms with Gasteiger partial charge in [0.05, 0.1) is 13.7 Å². The molecule has 1 amide bonds. The lowest BCUT2D eigenvalue weighted by Crippen LogP contribution is -2.59. The predicted molar refractivity (Wildman–Crippen MR) is 56.1 cm³/mol. The maximum Gasteiger partial charge on any atom is 0.409 e. The minimum atomic E-state index is -0.779. The SMILES string of the molecule is COC(=O)N1CCC(OC)(OC)C(OC)C1. The third-order valence-electron chi connectivity index (χ3n) is 3.02. The first-order valence-electron chi connectivity index (χ1n) is 5.09. The molecule has 1 saturated heterocycles. The summed E-state index contributed by atoms with van der Waals surface area (Å²) in [6.45, 7) is 0.916. The lowest BCUT2D eigenvalue weighted by atomic mass is 10.0. The Labute approximate surface area is 95.4 Å². The Morgan fingerprint density at radius 3 is 2.31 bits per heavy atom. The van der Waals surface area contributed by atoms with Crippen LogP contribution in [0.15, 0.2) is 0 Å². The topological polar surface area (TPSA) is 57.2 Å². The highest BCUT2D eigenvalue weighted by atomic mass is 16.7. The number of amides is 1. The molecule has 94 valence electrons. The van der Waals surface area contributed by atoms with Gasteiger partial charge in [0.1, 0.15) is 6.10 Å². The molecule has 1 unspecified atom stereocenters. The van der Waals surface area contributed by atoms with Gasteiger partial charge in [-0.15, -0.1) is 0 Å². The minimum Gasteiger partial charge on any atom is -0.453 e. The van der Waals surface area contributed by atoms with E-state index >= 15 is 0 Å². The molecule has 6 heteroatoms. The van der Waals surface area contributed by atoms with Crippen LogP contribution in [0, 0.1) is 0 Å². The highest BCUT2D eigenvalue weighted by molar-refractivity contribution is 5.67. The number of nitrogens with zero attached hydrogens (tertiary/aromatic N) is 1. The van der Waals surface area contributed by atoms with Gasteiger partial charge in [-0.05, 0) is 0 Å². The predicted octanol–water partition coefficient (Wildman–Crippen LogP) is 0.463. The van der Waals surface area contributed by atoms with E-state index in [4.69, 9.17) is 14.2 Å². The fourth-order valence-electron chi connectivity index (χ4n) is 1.98. The molecule has 1 rings (SSSR count). The maximum absolute atomic E-state index is 11.4. The molecule has 0 saturated carbocycles. The molecule has 0 bridgehead atoms. The van der Waals surface area contributed by atoms with Crippen LogP contribution >= 0.6 is 0 Å². The summed E-state index contributed by atoms with van der Waals surface area (Å²) < 4.78 is 20.7. The number of hydrogen-bond acceptors (Lipinski definition) is 5. The zero-order valence-corrected chi connectivity index (χ0v) is 10.2. The normalized spacial score (nSPS) is 24.2. The Morgan fingerprint density at radius 2 is 1.88 bits per heavy atom. The molecule has 0 aliphatic carbocycles. The van der Waals surface area contributed by atoms with Crippen molar-refractivity contribution in [1.82, 2.24) is 4.90 Å². The fraction of sp³-hybridized carbons (Fsp3) is 0.900. The Kier molecular flexibility index (Phi) is 4.52. The van der Waals surface area contributed by atoms with Gasteiger partial charge in [-0.3, -0.25) is 0 Å². The molecular weight excluding hydrogens is 214 g/mol. The molecule has 1 atom stereocenters. The Morgan fingerprint density at radius 1 is 1.25 bits per heavy atom. The number of ether oxygens (including phenoxy) is 4. The van der Waals surface area contributed by atoms with Crippen molar-refractivity contribution < 1.29 is 23.7 Å². The largest absolute Gasteiger partial charge is 0.453 e. The molecule has 0 spiro atoms. The van der Waals surface area contributed by atoms with Crippen molar-refractivity contribution in [1.29, 1.82) is 0 Å². The summed E-state index contributed by atoms with van der Waals surface area (Å²) in [5.41, 5.74) is 0. The fourth-order valence-corrected chi connectivity index (χ4v) is 1.98. The van der Waals surface area contributed by atoms with Crippen molar-refractivity contribution in [2.45, 2.75) is 18.3 Å². The molecule has 0 aromatic rings. The molecule has 0 aromatic carbocycles. The van der Waals surface area contributed by atoms with E-state index in [1.807, 2.05) is 0 Å². The molecule has 6 nitrogen and oxygen atoms in total. The van der Waals surface area contributed by atoms with E-state index < -0.39 is 5.79 Å². The second kappa shape index (κ2) is 5.47. The molecule has 1 fully saturated rings. The molecule has 0 N–H and O–H groups in total. The summed E-state index contributed by atoms with van der Waals surface area (Å²) in [5.74, 6) is -0.779. The van der Waals surface area contributed by atoms with Gasteiger partial charge in [0.15, 0.2) is 5.79 Å². The van der Waals surface area contributed by atoms with Gasteiger partial charge in [-0.25, -0.2) is 4.79 Å². The Bertz CT molecular complexity index is 241. The third kappa shape index (κ3) is 2.28. The average Bonchev–Trinajstić information content (AvgIpc) is 2.36. The first-order chi connectivity index (χ1) is 7.63. The summed E-state index contributed by atoms with van der Waals surface area (Å²) in [7, 11) is 6.07. The van der Waals surface area contributed by atoms with Gasteiger partial charge in [-0.1, -0.05) is 0 Å². The zero-order chi connectivity index (χ0) is 12.2. The number of piperidine rings is 1. The van der Waals surface area contributed by atoms with Gasteiger partial charge in [0.25, 0.3) is 0 Å². The van der Waals surface area contributed by atoms with Crippen LogP contribution < -0.4 is 0 Å². The minimum absolute atomic E-state index is 0.324. The number of rotatable bonds is 3. The smallest absolute Gasteiger partial charge is 0.409 e. The van der Waals surface area contributed by atoms with Crippen LogP contribution in [-0.4, -0.2) is 64.4 Å². The first kappa shape index (κ1) is 13.2. The van der Waals surface area contributed by atoms with Crippen molar-refractivity contribution >= 4 is 6.09 Å². The second-order valence-corrected chi connectivity index (χ2v) is 3.61. The van der Waals surface area contributed by atoms with Crippen LogP contribution in [0.25, 0.3) is 0 Å². The highest BCUT2D eigenvalue weighted by Crippen LogP contribution is 2.29. The van der Waals surface area contributed by atoms with E-state index in [1.54, 1.807) is 26.2 Å². The molecule has 0 radical (unpaired) electrons. The molecule has 1 aliphatic heterocycles. The second-order valence-electron chi connectivity index (χ2n) is 3.61. The third-order valence-corrected chi connectivity index (χ3v) is 3.02. The van der Waals surface area contributed by atoms with Crippen molar-refractivity contribution in [3.63, 3.8) is 0 Å². The lowest BCUT2D eigenvalue weighted by molar-refractivity contribution is -0.281. The quantitative estimate of drug-likeness (QED) is 0.663. The summed E-state index contributed by atoms with van der Waals surface area (Å²) in [6, 6.07) is 0. The van der Waals surface area contributed by atoms with E-state index in [2.05, 4.69) is 4.74 Å². The molecule has 1 heterocycles. The van der Waals surface area contributed by atoms with Crippen molar-refractivity contribution in [2.24, 2.45) is 0 Å². The van der Waals surface area contributed by atoms with Crippen molar-refractivity contribution in [3.8, 4) is 0 Å². The van der Waals surface area contributed by atoms with E-state index in [9.17, 15) is 4.79 Å². The monoisotopic (exact) mass is 233 g/mol. The van der Waals surface area contributed by atoms with Crippen LogP contribution in [0.3, 0.4) is 0 Å². The number of carbonyl (C=O) groups is 1. The summed E-state index contributed by atoms with van der Waals surface area (Å²) >= 11 is 0. The van der Waals surface area contributed by atoms with E-state index in [0.717, 1.165) is 0 Å². The van der Waals surface area contributed by atoms with Gasteiger partial charge in [-0.2, -0.15) is 0 Å². The summed E-state index contributed by atoms with van der Waals surface area (Å²) in [4.78, 5) is 13.0. The van der Waals surface area contributed by atoms with Crippen LogP contribution in [0.2, 0.25) is 0 Å². The van der Waals surface area contributed by atoms with Gasteiger partial charge in [0.2, 0.25) is 0 Å². The first-order valence-corrected chi connectivity index (χ1v) is 5.09. The molecular formula is C10H19NO5. The Hall–Kier alpha value is -0.850. The van der Waals surface area contributed by atoms with E-state index in [0.29, 0.717) is 19.5 Å².